The van der Waals surface area contributed by atoms with Crippen LogP contribution in [-0.4, -0.2) is 46.7 Å². The van der Waals surface area contributed by atoms with Crippen molar-refractivity contribution in [1.29, 1.82) is 0 Å². The number of ether oxygens (including phenoxy) is 1. The fourth-order valence-electron chi connectivity index (χ4n) is 4.17. The smallest absolute Gasteiger partial charge is 0.258 e. The molecule has 2 aliphatic rings. The first kappa shape index (κ1) is 19.8. The molecule has 2 saturated heterocycles. The maximum absolute atomic E-state index is 13.0. The number of hydrogen-bond acceptors (Lipinski definition) is 5. The number of hydrogen-bond donors (Lipinski definition) is 0. The van der Waals surface area contributed by atoms with Crippen molar-refractivity contribution in [3.05, 3.63) is 82.7 Å². The summed E-state index contributed by atoms with van der Waals surface area (Å²) in [6.45, 7) is 4.75. The van der Waals surface area contributed by atoms with Crippen molar-refractivity contribution in [2.45, 2.75) is 25.5 Å². The lowest BCUT2D eigenvalue weighted by Crippen LogP contribution is -2.46. The number of anilines is 1. The van der Waals surface area contributed by atoms with Crippen LogP contribution < -0.4 is 15.2 Å². The molecule has 4 heterocycles. The summed E-state index contributed by atoms with van der Waals surface area (Å²) < 4.78 is 20.2. The monoisotopic (exact) mass is 420 g/mol. The molecule has 1 aromatic carbocycles. The molecule has 0 spiro atoms. The van der Waals surface area contributed by atoms with Crippen LogP contribution in [0.5, 0.6) is 5.75 Å². The van der Waals surface area contributed by atoms with Gasteiger partial charge in [0.15, 0.2) is 0 Å². The largest absolute Gasteiger partial charge is 0.489 e. The number of nitrogens with zero attached hydrogens (tertiary/aromatic N) is 4. The Labute approximate surface area is 180 Å². The second kappa shape index (κ2) is 8.51. The van der Waals surface area contributed by atoms with Gasteiger partial charge in [-0.25, -0.2) is 9.37 Å². The normalized spacial score (nSPS) is 18.7. The van der Waals surface area contributed by atoms with Crippen molar-refractivity contribution < 1.29 is 9.13 Å². The molecule has 7 heteroatoms. The highest BCUT2D eigenvalue weighted by Crippen LogP contribution is 2.24. The van der Waals surface area contributed by atoms with Gasteiger partial charge in [0, 0.05) is 31.4 Å². The maximum atomic E-state index is 13.0. The number of halogens is 1. The molecule has 2 aromatic heterocycles. The standard InChI is InChI=1S/C24H25FN4O2/c25-19-4-2-18(3-5-19)17-31-22-9-13-29(24(30)14-22)20-6-7-23(26-15-20)28-12-8-21(16-28)27-10-1-11-27/h2-7,9,13-15,21H,1,8,10-12,16-17H2/t21-/m1/s1. The van der Waals surface area contributed by atoms with Crippen LogP contribution in [0.15, 0.2) is 65.7 Å². The van der Waals surface area contributed by atoms with E-state index in [-0.39, 0.29) is 18.0 Å². The van der Waals surface area contributed by atoms with Gasteiger partial charge in [-0.15, -0.1) is 0 Å². The number of pyridine rings is 2. The van der Waals surface area contributed by atoms with Gasteiger partial charge in [-0.3, -0.25) is 14.3 Å². The van der Waals surface area contributed by atoms with E-state index in [1.165, 1.54) is 44.1 Å². The van der Waals surface area contributed by atoms with E-state index >= 15 is 0 Å². The van der Waals surface area contributed by atoms with E-state index in [0.717, 1.165) is 30.2 Å². The van der Waals surface area contributed by atoms with Crippen LogP contribution in [0.1, 0.15) is 18.4 Å². The first-order valence-electron chi connectivity index (χ1n) is 10.7. The van der Waals surface area contributed by atoms with Crippen molar-refractivity contribution in [3.8, 4) is 11.4 Å². The molecule has 6 nitrogen and oxygen atoms in total. The third kappa shape index (κ3) is 4.32. The summed E-state index contributed by atoms with van der Waals surface area (Å²) in [6, 6.07) is 13.9. The van der Waals surface area contributed by atoms with Gasteiger partial charge in [-0.05, 0) is 61.8 Å². The number of benzene rings is 1. The first-order valence-corrected chi connectivity index (χ1v) is 10.7. The van der Waals surface area contributed by atoms with Crippen LogP contribution in [0.4, 0.5) is 10.2 Å². The van der Waals surface area contributed by atoms with Crippen LogP contribution >= 0.6 is 0 Å². The van der Waals surface area contributed by atoms with Gasteiger partial charge in [-0.2, -0.15) is 0 Å². The topological polar surface area (TPSA) is 50.6 Å². The lowest BCUT2D eigenvalue weighted by Gasteiger charge is -2.36. The molecule has 0 bridgehead atoms. The quantitative estimate of drug-likeness (QED) is 0.613. The highest BCUT2D eigenvalue weighted by molar-refractivity contribution is 5.45. The van der Waals surface area contributed by atoms with Gasteiger partial charge in [0.1, 0.15) is 24.0 Å². The van der Waals surface area contributed by atoms with Gasteiger partial charge in [0.05, 0.1) is 11.9 Å². The van der Waals surface area contributed by atoms with Crippen molar-refractivity contribution >= 4 is 5.82 Å². The summed E-state index contributed by atoms with van der Waals surface area (Å²) in [7, 11) is 0. The molecule has 0 radical (unpaired) electrons. The van der Waals surface area contributed by atoms with Crippen LogP contribution in [0.2, 0.25) is 0 Å². The predicted octanol–water partition coefficient (Wildman–Crippen LogP) is 3.24. The van der Waals surface area contributed by atoms with Crippen LogP contribution in [0.25, 0.3) is 5.69 Å². The lowest BCUT2D eigenvalue weighted by atomic mass is 10.1. The molecular weight excluding hydrogens is 395 g/mol. The van der Waals surface area contributed by atoms with Gasteiger partial charge in [0.25, 0.3) is 5.56 Å². The second-order valence-electron chi connectivity index (χ2n) is 8.14. The summed E-state index contributed by atoms with van der Waals surface area (Å²) in [4.78, 5) is 22.1. The van der Waals surface area contributed by atoms with E-state index in [2.05, 4.69) is 14.8 Å². The highest BCUT2D eigenvalue weighted by Gasteiger charge is 2.31. The van der Waals surface area contributed by atoms with E-state index < -0.39 is 0 Å². The van der Waals surface area contributed by atoms with Gasteiger partial charge >= 0.3 is 0 Å². The number of rotatable bonds is 6. The Morgan fingerprint density at radius 2 is 1.90 bits per heavy atom. The van der Waals surface area contributed by atoms with Gasteiger partial charge < -0.3 is 9.64 Å². The molecule has 2 fully saturated rings. The molecule has 1 atom stereocenters. The Bertz CT molecular complexity index is 1090. The maximum Gasteiger partial charge on any atom is 0.258 e. The average Bonchev–Trinajstić information content (AvgIpc) is 3.22. The third-order valence-electron chi connectivity index (χ3n) is 6.11. The third-order valence-corrected chi connectivity index (χ3v) is 6.11. The molecule has 2 aliphatic heterocycles. The Balaban J connectivity index is 1.23. The van der Waals surface area contributed by atoms with Crippen LogP contribution in [-0.2, 0) is 6.61 Å². The molecule has 3 aromatic rings. The molecule has 0 aliphatic carbocycles. The summed E-state index contributed by atoms with van der Waals surface area (Å²) in [5.74, 6) is 1.15. The molecule has 160 valence electrons. The second-order valence-corrected chi connectivity index (χ2v) is 8.14. The zero-order chi connectivity index (χ0) is 21.2. The summed E-state index contributed by atoms with van der Waals surface area (Å²) in [5, 5.41) is 0. The average molecular weight is 420 g/mol. The minimum Gasteiger partial charge on any atom is -0.489 e. The van der Waals surface area contributed by atoms with Crippen molar-refractivity contribution in [2.75, 3.05) is 31.1 Å². The highest BCUT2D eigenvalue weighted by atomic mass is 19.1. The lowest BCUT2D eigenvalue weighted by molar-refractivity contribution is 0.129. The van der Waals surface area contributed by atoms with Crippen LogP contribution in [0.3, 0.4) is 0 Å². The van der Waals surface area contributed by atoms with E-state index in [0.29, 0.717) is 11.8 Å². The van der Waals surface area contributed by atoms with Crippen molar-refractivity contribution in [3.63, 3.8) is 0 Å². The van der Waals surface area contributed by atoms with E-state index in [1.54, 1.807) is 35.2 Å². The summed E-state index contributed by atoms with van der Waals surface area (Å²) in [5.41, 5.74) is 1.37. The summed E-state index contributed by atoms with van der Waals surface area (Å²) >= 11 is 0. The first-order chi connectivity index (χ1) is 15.2. The molecule has 0 saturated carbocycles. The summed E-state index contributed by atoms with van der Waals surface area (Å²) in [6.07, 6.45) is 5.93. The minimum atomic E-state index is -0.285. The Hall–Kier alpha value is -3.19. The Morgan fingerprint density at radius 1 is 1.06 bits per heavy atom. The number of likely N-dealkylation sites (tertiary alicyclic amines) is 1. The molecular formula is C24H25FN4O2. The van der Waals surface area contributed by atoms with Crippen molar-refractivity contribution in [2.24, 2.45) is 0 Å². The fourth-order valence-corrected chi connectivity index (χ4v) is 4.17. The van der Waals surface area contributed by atoms with Crippen molar-refractivity contribution in [1.82, 2.24) is 14.5 Å². The zero-order valence-electron chi connectivity index (χ0n) is 17.3. The molecule has 0 amide bonds. The van der Waals surface area contributed by atoms with E-state index in [1.807, 2.05) is 12.1 Å². The van der Waals surface area contributed by atoms with E-state index in [9.17, 15) is 9.18 Å². The zero-order valence-corrected chi connectivity index (χ0v) is 17.3. The van der Waals surface area contributed by atoms with Crippen LogP contribution in [0, 0.1) is 5.82 Å². The molecule has 0 unspecified atom stereocenters. The Morgan fingerprint density at radius 3 is 2.58 bits per heavy atom. The van der Waals surface area contributed by atoms with Gasteiger partial charge in [-0.1, -0.05) is 12.1 Å². The van der Waals surface area contributed by atoms with E-state index in [4.69, 9.17) is 4.74 Å². The molecule has 0 N–H and O–H groups in total. The fraction of sp³-hybridized carbons (Fsp3) is 0.333. The Kier molecular flexibility index (Phi) is 5.42. The predicted molar refractivity (Wildman–Crippen MR) is 117 cm³/mol. The molecule has 5 rings (SSSR count). The number of aromatic nitrogens is 2. The minimum absolute atomic E-state index is 0.190. The van der Waals surface area contributed by atoms with Gasteiger partial charge in [0.2, 0.25) is 0 Å². The molecule has 31 heavy (non-hydrogen) atoms. The SMILES string of the molecule is O=c1cc(OCc2ccc(F)cc2)ccn1-c1ccc(N2CC[C@@H](N3CCC3)C2)nc1.